The molecule has 0 spiro atoms. The molecule has 0 bridgehead atoms. The van der Waals surface area contributed by atoms with Gasteiger partial charge >= 0.3 is 0 Å². The van der Waals surface area contributed by atoms with Crippen molar-refractivity contribution in [3.05, 3.63) is 29.3 Å². The van der Waals surface area contributed by atoms with Gasteiger partial charge in [0, 0.05) is 31.1 Å². The highest BCUT2D eigenvalue weighted by Crippen LogP contribution is 2.24. The zero-order valence-corrected chi connectivity index (χ0v) is 12.4. The number of rotatable bonds is 4. The van der Waals surface area contributed by atoms with Crippen LogP contribution in [0, 0.1) is 6.92 Å². The molecule has 0 aliphatic carbocycles. The van der Waals surface area contributed by atoms with E-state index in [1.807, 2.05) is 0 Å². The lowest BCUT2D eigenvalue weighted by Crippen LogP contribution is -2.27. The third kappa shape index (κ3) is 3.66. The molecule has 1 fully saturated rings. The highest BCUT2D eigenvalue weighted by atomic mass is 32.2. The molecule has 3 heteroatoms. The van der Waals surface area contributed by atoms with E-state index in [2.05, 4.69) is 54.0 Å². The van der Waals surface area contributed by atoms with E-state index in [0.29, 0.717) is 0 Å². The number of aryl methyl sites for hydroxylation is 1. The quantitative estimate of drug-likeness (QED) is 0.900. The largest absolute Gasteiger partial charge is 0.370 e. The Balaban J connectivity index is 2.18. The summed E-state index contributed by atoms with van der Waals surface area (Å²) in [6.07, 6.45) is 1.30. The van der Waals surface area contributed by atoms with Gasteiger partial charge < -0.3 is 10.2 Å². The number of nitrogens with one attached hydrogen (secondary N) is 1. The average Bonchev–Trinajstić information content (AvgIpc) is 2.65. The van der Waals surface area contributed by atoms with Crippen LogP contribution >= 0.6 is 11.8 Å². The van der Waals surface area contributed by atoms with Crippen molar-refractivity contribution in [3.8, 4) is 0 Å². The fourth-order valence-corrected chi connectivity index (χ4v) is 3.30. The van der Waals surface area contributed by atoms with Crippen molar-refractivity contribution in [1.82, 2.24) is 5.32 Å². The number of anilines is 1. The molecule has 1 aliphatic heterocycles. The molecular weight excluding hydrogens is 240 g/mol. The van der Waals surface area contributed by atoms with Gasteiger partial charge in [0.05, 0.1) is 0 Å². The first-order chi connectivity index (χ1) is 8.81. The van der Waals surface area contributed by atoms with Gasteiger partial charge in [0.1, 0.15) is 0 Å². The molecule has 0 unspecified atom stereocenters. The Kier molecular flexibility index (Phi) is 5.39. The summed E-state index contributed by atoms with van der Waals surface area (Å²) in [6.45, 7) is 8.75. The Morgan fingerprint density at radius 1 is 1.28 bits per heavy atom. The van der Waals surface area contributed by atoms with Crippen LogP contribution in [0.3, 0.4) is 0 Å². The molecule has 2 rings (SSSR count). The maximum Gasteiger partial charge on any atom is 0.0412 e. The van der Waals surface area contributed by atoms with Gasteiger partial charge in [-0.05, 0) is 37.3 Å². The van der Waals surface area contributed by atoms with Crippen molar-refractivity contribution >= 4 is 17.4 Å². The fraction of sp³-hybridized carbons (Fsp3) is 0.600. The third-order valence-electron chi connectivity index (χ3n) is 3.36. The molecule has 1 N–H and O–H groups in total. The lowest BCUT2D eigenvalue weighted by Gasteiger charge is -2.25. The first-order valence-electron chi connectivity index (χ1n) is 6.94. The van der Waals surface area contributed by atoms with Gasteiger partial charge in [-0.1, -0.05) is 24.6 Å². The second kappa shape index (κ2) is 7.05. The van der Waals surface area contributed by atoms with Gasteiger partial charge in [-0.3, -0.25) is 0 Å². The molecule has 100 valence electrons. The van der Waals surface area contributed by atoms with Crippen LogP contribution in [0.25, 0.3) is 0 Å². The topological polar surface area (TPSA) is 15.3 Å². The number of hydrogen-bond acceptors (Lipinski definition) is 3. The summed E-state index contributed by atoms with van der Waals surface area (Å²) < 4.78 is 0. The average molecular weight is 264 g/mol. The highest BCUT2D eigenvalue weighted by molar-refractivity contribution is 7.99. The second-order valence-electron chi connectivity index (χ2n) is 4.87. The molecule has 0 saturated carbocycles. The van der Waals surface area contributed by atoms with E-state index in [-0.39, 0.29) is 0 Å². The molecule has 0 amide bonds. The molecule has 0 atom stereocenters. The Morgan fingerprint density at radius 3 is 3.00 bits per heavy atom. The summed E-state index contributed by atoms with van der Waals surface area (Å²) in [6, 6.07) is 6.87. The summed E-state index contributed by atoms with van der Waals surface area (Å²) in [5.74, 6) is 2.57. The SMILES string of the molecule is CCNCc1cc(C)ccc1N1CCCSCC1. The Morgan fingerprint density at radius 2 is 2.17 bits per heavy atom. The van der Waals surface area contributed by atoms with Gasteiger partial charge in [-0.2, -0.15) is 11.8 Å². The van der Waals surface area contributed by atoms with Gasteiger partial charge in [0.25, 0.3) is 0 Å². The van der Waals surface area contributed by atoms with E-state index in [0.717, 1.165) is 13.1 Å². The highest BCUT2D eigenvalue weighted by Gasteiger charge is 2.13. The maximum absolute atomic E-state index is 3.46. The minimum Gasteiger partial charge on any atom is -0.370 e. The van der Waals surface area contributed by atoms with Crippen LogP contribution in [-0.4, -0.2) is 31.1 Å². The van der Waals surface area contributed by atoms with Gasteiger partial charge in [0.2, 0.25) is 0 Å². The van der Waals surface area contributed by atoms with E-state index in [4.69, 9.17) is 0 Å². The molecular formula is C15H24N2S. The van der Waals surface area contributed by atoms with Crippen LogP contribution in [-0.2, 0) is 6.54 Å². The second-order valence-corrected chi connectivity index (χ2v) is 6.09. The Labute approximate surface area is 115 Å². The Bertz CT molecular complexity index is 371. The van der Waals surface area contributed by atoms with Crippen LogP contribution in [0.5, 0.6) is 0 Å². The monoisotopic (exact) mass is 264 g/mol. The first kappa shape index (κ1) is 13.8. The summed E-state index contributed by atoms with van der Waals surface area (Å²) >= 11 is 2.08. The zero-order valence-electron chi connectivity index (χ0n) is 11.5. The van der Waals surface area contributed by atoms with E-state index in [1.54, 1.807) is 0 Å². The van der Waals surface area contributed by atoms with E-state index >= 15 is 0 Å². The van der Waals surface area contributed by atoms with Crippen molar-refractivity contribution in [1.29, 1.82) is 0 Å². The fourth-order valence-electron chi connectivity index (χ4n) is 2.41. The molecule has 1 heterocycles. The predicted octanol–water partition coefficient (Wildman–Crippen LogP) is 3.05. The standard InChI is InChI=1S/C15H24N2S/c1-3-16-12-14-11-13(2)5-6-15(14)17-7-4-9-18-10-8-17/h5-6,11,16H,3-4,7-10,12H2,1-2H3. The van der Waals surface area contributed by atoms with Gasteiger partial charge in [0.15, 0.2) is 0 Å². The predicted molar refractivity (Wildman–Crippen MR) is 82.7 cm³/mol. The van der Waals surface area contributed by atoms with Crippen LogP contribution < -0.4 is 10.2 Å². The molecule has 1 aromatic rings. The molecule has 1 aromatic carbocycles. The minimum atomic E-state index is 0.983. The Hall–Kier alpha value is -0.670. The van der Waals surface area contributed by atoms with Gasteiger partial charge in [-0.25, -0.2) is 0 Å². The van der Waals surface area contributed by atoms with Crippen molar-refractivity contribution in [3.63, 3.8) is 0 Å². The van der Waals surface area contributed by atoms with E-state index in [9.17, 15) is 0 Å². The molecule has 1 aliphatic rings. The van der Waals surface area contributed by atoms with Crippen molar-refractivity contribution in [2.24, 2.45) is 0 Å². The lowest BCUT2D eigenvalue weighted by atomic mass is 10.1. The van der Waals surface area contributed by atoms with Gasteiger partial charge in [-0.15, -0.1) is 0 Å². The maximum atomic E-state index is 3.46. The van der Waals surface area contributed by atoms with Crippen LogP contribution in [0.15, 0.2) is 18.2 Å². The van der Waals surface area contributed by atoms with Crippen molar-refractivity contribution < 1.29 is 0 Å². The van der Waals surface area contributed by atoms with E-state index in [1.165, 1.54) is 47.8 Å². The van der Waals surface area contributed by atoms with E-state index < -0.39 is 0 Å². The third-order valence-corrected chi connectivity index (χ3v) is 4.41. The summed E-state index contributed by atoms with van der Waals surface area (Å²) in [7, 11) is 0. The summed E-state index contributed by atoms with van der Waals surface area (Å²) in [4.78, 5) is 2.56. The number of thioether (sulfide) groups is 1. The molecule has 0 radical (unpaired) electrons. The van der Waals surface area contributed by atoms with Crippen LogP contribution in [0.2, 0.25) is 0 Å². The molecule has 18 heavy (non-hydrogen) atoms. The van der Waals surface area contributed by atoms with Crippen molar-refractivity contribution in [2.75, 3.05) is 36.0 Å². The summed E-state index contributed by atoms with van der Waals surface area (Å²) in [5, 5.41) is 3.46. The molecule has 2 nitrogen and oxygen atoms in total. The number of nitrogens with zero attached hydrogens (tertiary/aromatic N) is 1. The number of hydrogen-bond donors (Lipinski definition) is 1. The lowest BCUT2D eigenvalue weighted by molar-refractivity contribution is 0.718. The zero-order chi connectivity index (χ0) is 12.8. The molecule has 0 aromatic heterocycles. The van der Waals surface area contributed by atoms with Crippen LogP contribution in [0.1, 0.15) is 24.5 Å². The molecule has 1 saturated heterocycles. The first-order valence-corrected chi connectivity index (χ1v) is 8.09. The minimum absolute atomic E-state index is 0.983. The normalized spacial score (nSPS) is 16.7. The number of benzene rings is 1. The smallest absolute Gasteiger partial charge is 0.0412 e. The van der Waals surface area contributed by atoms with Crippen LogP contribution in [0.4, 0.5) is 5.69 Å². The summed E-state index contributed by atoms with van der Waals surface area (Å²) in [5.41, 5.74) is 4.24. The van der Waals surface area contributed by atoms with Crippen molar-refractivity contribution in [2.45, 2.75) is 26.8 Å².